The van der Waals surface area contributed by atoms with Gasteiger partial charge in [0.1, 0.15) is 4.32 Å². The topological polar surface area (TPSA) is 67.9 Å². The summed E-state index contributed by atoms with van der Waals surface area (Å²) in [6.07, 6.45) is 3.41. The molecule has 1 aliphatic heterocycles. The van der Waals surface area contributed by atoms with Crippen molar-refractivity contribution >= 4 is 74.5 Å². The summed E-state index contributed by atoms with van der Waals surface area (Å²) >= 11 is 8.65. The third-order valence-corrected chi connectivity index (χ3v) is 6.68. The molecule has 32 heavy (non-hydrogen) atoms. The van der Waals surface area contributed by atoms with E-state index in [1.54, 1.807) is 18.2 Å². The maximum absolute atomic E-state index is 12.6. The van der Waals surface area contributed by atoms with Crippen LogP contribution in [-0.2, 0) is 9.59 Å². The van der Waals surface area contributed by atoms with Crippen molar-refractivity contribution in [3.63, 3.8) is 0 Å². The Balaban J connectivity index is 1.75. The van der Waals surface area contributed by atoms with Gasteiger partial charge in [-0.25, -0.2) is 0 Å². The molecule has 0 radical (unpaired) electrons. The number of amides is 2. The summed E-state index contributed by atoms with van der Waals surface area (Å²) in [5, 5.41) is 2.84. The number of halogens is 1. The fourth-order valence-electron chi connectivity index (χ4n) is 2.94. The molecule has 0 spiro atoms. The Labute approximate surface area is 210 Å². The Kier molecular flexibility index (Phi) is 8.32. The molecule has 2 aromatic rings. The van der Waals surface area contributed by atoms with Crippen molar-refractivity contribution in [1.29, 1.82) is 0 Å². The SMILES string of the molecule is C=CCN1C(=O)/C(=C/c2cc(I)c(OCC(=O)Nc3ccccc3C)c(OC)c2)SC1=S. The van der Waals surface area contributed by atoms with Crippen LogP contribution in [0.5, 0.6) is 11.5 Å². The number of aryl methyl sites for hydroxylation is 1. The van der Waals surface area contributed by atoms with Crippen LogP contribution in [0.1, 0.15) is 11.1 Å². The summed E-state index contributed by atoms with van der Waals surface area (Å²) in [5.41, 5.74) is 2.48. The Morgan fingerprint density at radius 2 is 2.09 bits per heavy atom. The lowest BCUT2D eigenvalue weighted by atomic mass is 10.2. The van der Waals surface area contributed by atoms with Crippen LogP contribution in [0.4, 0.5) is 5.69 Å². The number of carbonyl (C=O) groups excluding carboxylic acids is 2. The van der Waals surface area contributed by atoms with E-state index in [4.69, 9.17) is 21.7 Å². The monoisotopic (exact) mass is 580 g/mol. The van der Waals surface area contributed by atoms with E-state index in [0.717, 1.165) is 20.4 Å². The van der Waals surface area contributed by atoms with Gasteiger partial charge in [-0.05, 0) is 64.9 Å². The van der Waals surface area contributed by atoms with Crippen LogP contribution in [0, 0.1) is 10.5 Å². The lowest BCUT2D eigenvalue weighted by molar-refractivity contribution is -0.121. The largest absolute Gasteiger partial charge is 0.493 e. The summed E-state index contributed by atoms with van der Waals surface area (Å²) in [7, 11) is 1.53. The number of benzene rings is 2. The van der Waals surface area contributed by atoms with E-state index in [0.29, 0.717) is 27.3 Å². The van der Waals surface area contributed by atoms with Crippen molar-refractivity contribution < 1.29 is 19.1 Å². The normalized spacial score (nSPS) is 14.6. The highest BCUT2D eigenvalue weighted by atomic mass is 127. The number of hydrogen-bond donors (Lipinski definition) is 1. The molecule has 1 saturated heterocycles. The van der Waals surface area contributed by atoms with Crippen LogP contribution in [0.2, 0.25) is 0 Å². The van der Waals surface area contributed by atoms with Crippen molar-refractivity contribution in [2.24, 2.45) is 0 Å². The van der Waals surface area contributed by atoms with Gasteiger partial charge in [0.2, 0.25) is 0 Å². The molecule has 1 heterocycles. The van der Waals surface area contributed by atoms with E-state index in [-0.39, 0.29) is 18.4 Å². The number of para-hydroxylation sites is 1. The molecule has 1 aliphatic rings. The Bertz CT molecular complexity index is 1120. The van der Waals surface area contributed by atoms with E-state index in [1.165, 1.54) is 23.8 Å². The second kappa shape index (κ2) is 11.0. The van der Waals surface area contributed by atoms with Gasteiger partial charge in [-0.2, -0.15) is 0 Å². The summed E-state index contributed by atoms with van der Waals surface area (Å²) in [4.78, 5) is 26.9. The average Bonchev–Trinajstić information content (AvgIpc) is 3.02. The van der Waals surface area contributed by atoms with Crippen molar-refractivity contribution in [3.05, 3.63) is 68.7 Å². The van der Waals surface area contributed by atoms with E-state index < -0.39 is 0 Å². The molecule has 0 aliphatic carbocycles. The quantitative estimate of drug-likeness (QED) is 0.205. The van der Waals surface area contributed by atoms with E-state index in [2.05, 4.69) is 34.5 Å². The van der Waals surface area contributed by atoms with E-state index in [1.807, 2.05) is 37.3 Å². The molecule has 2 amide bonds. The van der Waals surface area contributed by atoms with Gasteiger partial charge in [-0.1, -0.05) is 48.3 Å². The molecule has 1 N–H and O–H groups in total. The fourth-order valence-corrected chi connectivity index (χ4v) is 4.99. The van der Waals surface area contributed by atoms with Crippen LogP contribution in [0.25, 0.3) is 6.08 Å². The van der Waals surface area contributed by atoms with Crippen LogP contribution >= 0.6 is 46.6 Å². The average molecular weight is 580 g/mol. The first-order valence-electron chi connectivity index (χ1n) is 9.56. The highest BCUT2D eigenvalue weighted by Crippen LogP contribution is 2.37. The zero-order valence-electron chi connectivity index (χ0n) is 17.5. The molecule has 0 unspecified atom stereocenters. The van der Waals surface area contributed by atoms with Crippen molar-refractivity contribution in [1.82, 2.24) is 4.90 Å². The maximum atomic E-state index is 12.6. The molecule has 9 heteroatoms. The molecule has 0 saturated carbocycles. The molecule has 1 fully saturated rings. The molecular formula is C23H21IN2O4S2. The second-order valence-corrected chi connectivity index (χ2v) is 9.60. The predicted octanol–water partition coefficient (Wildman–Crippen LogP) is 5.01. The minimum atomic E-state index is -0.271. The minimum Gasteiger partial charge on any atom is -0.493 e. The highest BCUT2D eigenvalue weighted by molar-refractivity contribution is 14.1. The van der Waals surface area contributed by atoms with Crippen LogP contribution in [0.3, 0.4) is 0 Å². The first-order chi connectivity index (χ1) is 15.3. The number of ether oxygens (including phenoxy) is 2. The number of anilines is 1. The third-order valence-electron chi connectivity index (χ3n) is 4.50. The van der Waals surface area contributed by atoms with E-state index >= 15 is 0 Å². The lowest BCUT2D eigenvalue weighted by Crippen LogP contribution is -2.27. The van der Waals surface area contributed by atoms with Crippen LogP contribution < -0.4 is 14.8 Å². The number of hydrogen-bond acceptors (Lipinski definition) is 6. The molecule has 0 aromatic heterocycles. The standard InChI is InChI=1S/C23H21IN2O4S2/c1-4-9-26-22(28)19(32-23(26)31)12-15-10-16(24)21(18(11-15)29-3)30-13-20(27)25-17-8-6-5-7-14(17)2/h4-8,10-12H,1,9,13H2,2-3H3,(H,25,27)/b19-12-. The van der Waals surface area contributed by atoms with Crippen molar-refractivity contribution in [2.75, 3.05) is 25.6 Å². The van der Waals surface area contributed by atoms with Crippen molar-refractivity contribution in [3.8, 4) is 11.5 Å². The summed E-state index contributed by atoms with van der Waals surface area (Å²) in [6.45, 7) is 5.79. The molecular weight excluding hydrogens is 559 g/mol. The Hall–Kier alpha value is -2.37. The van der Waals surface area contributed by atoms with Gasteiger partial charge < -0.3 is 14.8 Å². The number of thioether (sulfide) groups is 1. The number of rotatable bonds is 8. The molecule has 0 atom stereocenters. The smallest absolute Gasteiger partial charge is 0.266 e. The molecule has 0 bridgehead atoms. The van der Waals surface area contributed by atoms with Gasteiger partial charge in [0.25, 0.3) is 11.8 Å². The van der Waals surface area contributed by atoms with Gasteiger partial charge in [-0.15, -0.1) is 6.58 Å². The summed E-state index contributed by atoms with van der Waals surface area (Å²) < 4.78 is 12.5. The maximum Gasteiger partial charge on any atom is 0.266 e. The number of carbonyl (C=O) groups is 2. The first kappa shape index (κ1) is 24.3. The molecule has 3 rings (SSSR count). The van der Waals surface area contributed by atoms with Gasteiger partial charge in [0, 0.05) is 12.2 Å². The third kappa shape index (κ3) is 5.70. The van der Waals surface area contributed by atoms with Gasteiger partial charge in [-0.3, -0.25) is 14.5 Å². The Morgan fingerprint density at radius 1 is 1.34 bits per heavy atom. The van der Waals surface area contributed by atoms with Crippen molar-refractivity contribution in [2.45, 2.75) is 6.92 Å². The lowest BCUT2D eigenvalue weighted by Gasteiger charge is -2.14. The summed E-state index contributed by atoms with van der Waals surface area (Å²) in [5.74, 6) is 0.506. The van der Waals surface area contributed by atoms with E-state index in [9.17, 15) is 9.59 Å². The van der Waals surface area contributed by atoms with Gasteiger partial charge in [0.05, 0.1) is 15.6 Å². The van der Waals surface area contributed by atoms with Gasteiger partial charge in [0.15, 0.2) is 18.1 Å². The fraction of sp³-hybridized carbons (Fsp3) is 0.174. The second-order valence-electron chi connectivity index (χ2n) is 6.77. The predicted molar refractivity (Wildman–Crippen MR) is 141 cm³/mol. The van der Waals surface area contributed by atoms with Crippen LogP contribution in [-0.4, -0.2) is 41.3 Å². The first-order valence-corrected chi connectivity index (χ1v) is 11.9. The van der Waals surface area contributed by atoms with Gasteiger partial charge >= 0.3 is 0 Å². The number of nitrogens with zero attached hydrogens (tertiary/aromatic N) is 1. The molecule has 6 nitrogen and oxygen atoms in total. The van der Waals surface area contributed by atoms with Crippen LogP contribution in [0.15, 0.2) is 54.0 Å². The molecule has 166 valence electrons. The Morgan fingerprint density at radius 3 is 2.78 bits per heavy atom. The summed E-state index contributed by atoms with van der Waals surface area (Å²) in [6, 6.07) is 11.2. The molecule has 2 aromatic carbocycles. The number of thiocarbonyl (C=S) groups is 1. The number of methoxy groups -OCH3 is 1. The number of nitrogens with one attached hydrogen (secondary N) is 1. The zero-order chi connectivity index (χ0) is 23.3. The highest BCUT2D eigenvalue weighted by Gasteiger charge is 2.31. The zero-order valence-corrected chi connectivity index (χ0v) is 21.3. The minimum absolute atomic E-state index is 0.151.